The van der Waals surface area contributed by atoms with Crippen LogP contribution >= 0.6 is 0 Å². The monoisotopic (exact) mass is 232 g/mol. The third kappa shape index (κ3) is 1.89. The molecule has 0 spiro atoms. The van der Waals surface area contributed by atoms with Crippen LogP contribution in [0, 0.1) is 0 Å². The van der Waals surface area contributed by atoms with Gasteiger partial charge in [0.1, 0.15) is 6.54 Å². The summed E-state index contributed by atoms with van der Waals surface area (Å²) in [7, 11) is 0. The summed E-state index contributed by atoms with van der Waals surface area (Å²) in [6.07, 6.45) is 0.199. The fourth-order valence-electron chi connectivity index (χ4n) is 1.72. The van der Waals surface area contributed by atoms with Crippen molar-refractivity contribution in [3.05, 3.63) is 0 Å². The molecule has 2 rings (SSSR count). The molecule has 0 aromatic carbocycles. The minimum atomic E-state index is -2.82. The molecule has 16 heavy (non-hydrogen) atoms. The summed E-state index contributed by atoms with van der Waals surface area (Å²) in [6, 6.07) is 0. The molecule has 5 nitrogen and oxygen atoms in total. The Balaban J connectivity index is 1.89. The number of likely N-dealkylation sites (tertiary alicyclic amines) is 2. The lowest BCUT2D eigenvalue weighted by Crippen LogP contribution is -2.60. The molecule has 0 bridgehead atoms. The number of rotatable bonds is 2. The van der Waals surface area contributed by atoms with E-state index >= 15 is 0 Å². The van der Waals surface area contributed by atoms with Crippen molar-refractivity contribution in [1.82, 2.24) is 9.80 Å². The van der Waals surface area contributed by atoms with E-state index in [0.29, 0.717) is 0 Å². The molecule has 3 amide bonds. The lowest BCUT2D eigenvalue weighted by atomic mass is 10.1. The molecule has 88 valence electrons. The molecule has 7 heteroatoms. The van der Waals surface area contributed by atoms with Crippen LogP contribution in [-0.4, -0.2) is 53.1 Å². The Morgan fingerprint density at radius 1 is 1.19 bits per heavy atom. The summed E-state index contributed by atoms with van der Waals surface area (Å²) in [6.45, 7) is -1.65. The fourth-order valence-corrected chi connectivity index (χ4v) is 1.72. The summed E-state index contributed by atoms with van der Waals surface area (Å²) in [4.78, 5) is 35.5. The van der Waals surface area contributed by atoms with Crippen LogP contribution in [0.3, 0.4) is 0 Å². The topological polar surface area (TPSA) is 57.7 Å². The third-order valence-electron chi connectivity index (χ3n) is 2.65. The molecule has 2 saturated heterocycles. The number of imide groups is 1. The molecular formula is C9H10F2N2O3. The first-order valence-corrected chi connectivity index (χ1v) is 4.88. The number of carbonyl (C=O) groups is 3. The summed E-state index contributed by atoms with van der Waals surface area (Å²) >= 11 is 0. The number of alkyl halides is 2. The van der Waals surface area contributed by atoms with Crippen LogP contribution in [0.2, 0.25) is 0 Å². The Morgan fingerprint density at radius 2 is 1.69 bits per heavy atom. The van der Waals surface area contributed by atoms with Crippen molar-refractivity contribution in [3.63, 3.8) is 0 Å². The maximum atomic E-state index is 12.5. The van der Waals surface area contributed by atoms with E-state index in [4.69, 9.17) is 0 Å². The predicted octanol–water partition coefficient (Wildman–Crippen LogP) is -0.387. The van der Waals surface area contributed by atoms with E-state index in [1.165, 1.54) is 0 Å². The number of carbonyl (C=O) groups excluding carboxylic acids is 3. The number of hydrogen-bond acceptors (Lipinski definition) is 3. The molecule has 0 unspecified atom stereocenters. The van der Waals surface area contributed by atoms with E-state index in [1.807, 2.05) is 0 Å². The predicted molar refractivity (Wildman–Crippen MR) is 47.5 cm³/mol. The van der Waals surface area contributed by atoms with Gasteiger partial charge < -0.3 is 4.90 Å². The van der Waals surface area contributed by atoms with E-state index in [1.54, 1.807) is 0 Å². The van der Waals surface area contributed by atoms with Gasteiger partial charge in [0.2, 0.25) is 17.7 Å². The Morgan fingerprint density at radius 3 is 2.12 bits per heavy atom. The second kappa shape index (κ2) is 3.50. The van der Waals surface area contributed by atoms with Crippen LogP contribution in [0.1, 0.15) is 12.8 Å². The van der Waals surface area contributed by atoms with Crippen molar-refractivity contribution in [3.8, 4) is 0 Å². The molecule has 2 aliphatic heterocycles. The van der Waals surface area contributed by atoms with Crippen molar-refractivity contribution in [1.29, 1.82) is 0 Å². The molecule has 2 aliphatic rings. The quantitative estimate of drug-likeness (QED) is 0.609. The van der Waals surface area contributed by atoms with Gasteiger partial charge in [0.05, 0.1) is 13.1 Å². The van der Waals surface area contributed by atoms with E-state index in [0.717, 1.165) is 9.80 Å². The molecule has 2 heterocycles. The fraction of sp³-hybridized carbons (Fsp3) is 0.667. The van der Waals surface area contributed by atoms with Crippen LogP contribution in [0.15, 0.2) is 0 Å². The van der Waals surface area contributed by atoms with E-state index in [2.05, 4.69) is 0 Å². The summed E-state index contributed by atoms with van der Waals surface area (Å²) < 4.78 is 24.9. The van der Waals surface area contributed by atoms with E-state index < -0.39 is 43.3 Å². The molecule has 0 radical (unpaired) electrons. The van der Waals surface area contributed by atoms with Gasteiger partial charge in [-0.15, -0.1) is 0 Å². The zero-order chi connectivity index (χ0) is 11.9. The first-order valence-electron chi connectivity index (χ1n) is 4.88. The number of nitrogens with zero attached hydrogens (tertiary/aromatic N) is 2. The van der Waals surface area contributed by atoms with E-state index in [9.17, 15) is 23.2 Å². The van der Waals surface area contributed by atoms with Gasteiger partial charge in [-0.3, -0.25) is 19.3 Å². The molecular weight excluding hydrogens is 222 g/mol. The molecule has 0 aliphatic carbocycles. The van der Waals surface area contributed by atoms with Gasteiger partial charge in [-0.1, -0.05) is 0 Å². The van der Waals surface area contributed by atoms with Gasteiger partial charge in [0, 0.05) is 12.8 Å². The largest absolute Gasteiger partial charge is 0.329 e. The Bertz CT molecular complexity index is 346. The van der Waals surface area contributed by atoms with Crippen LogP contribution in [0.4, 0.5) is 8.78 Å². The highest BCUT2D eigenvalue weighted by atomic mass is 19.3. The normalized spacial score (nSPS) is 23.6. The molecule has 2 fully saturated rings. The summed E-state index contributed by atoms with van der Waals surface area (Å²) in [5, 5.41) is 0. The highest BCUT2D eigenvalue weighted by Crippen LogP contribution is 2.26. The number of hydrogen-bond donors (Lipinski definition) is 0. The minimum absolute atomic E-state index is 0.0995. The second-order valence-corrected chi connectivity index (χ2v) is 3.98. The van der Waals surface area contributed by atoms with Crippen molar-refractivity contribution < 1.29 is 23.2 Å². The average molecular weight is 232 g/mol. The van der Waals surface area contributed by atoms with Gasteiger partial charge in [-0.25, -0.2) is 8.78 Å². The summed E-state index contributed by atoms with van der Waals surface area (Å²) in [5.74, 6) is -4.25. The number of amides is 3. The smallest absolute Gasteiger partial charge is 0.282 e. The second-order valence-electron chi connectivity index (χ2n) is 3.98. The maximum absolute atomic E-state index is 12.5. The van der Waals surface area contributed by atoms with Crippen LogP contribution in [0.5, 0.6) is 0 Å². The van der Waals surface area contributed by atoms with Gasteiger partial charge in [0.25, 0.3) is 5.92 Å². The Hall–Kier alpha value is -1.53. The lowest BCUT2D eigenvalue weighted by molar-refractivity contribution is -0.168. The van der Waals surface area contributed by atoms with Gasteiger partial charge in [0.15, 0.2) is 0 Å². The Kier molecular flexibility index (Phi) is 2.40. The van der Waals surface area contributed by atoms with Crippen LogP contribution in [-0.2, 0) is 14.4 Å². The van der Waals surface area contributed by atoms with Crippen molar-refractivity contribution in [2.75, 3.05) is 19.6 Å². The third-order valence-corrected chi connectivity index (χ3v) is 2.65. The first kappa shape index (κ1) is 11.0. The molecule has 0 saturated carbocycles. The van der Waals surface area contributed by atoms with Gasteiger partial charge in [-0.2, -0.15) is 0 Å². The standard InChI is InChI=1S/C9H10F2N2O3/c10-9(11)4-12(5-9)8(16)3-13-6(14)1-2-7(13)15/h1-5H2. The minimum Gasteiger partial charge on any atom is -0.329 e. The maximum Gasteiger partial charge on any atom is 0.282 e. The lowest BCUT2D eigenvalue weighted by Gasteiger charge is -2.39. The highest BCUT2D eigenvalue weighted by Gasteiger charge is 2.47. The highest BCUT2D eigenvalue weighted by molar-refractivity contribution is 6.04. The van der Waals surface area contributed by atoms with Crippen molar-refractivity contribution >= 4 is 17.7 Å². The first-order chi connectivity index (χ1) is 7.39. The number of halogens is 2. The van der Waals surface area contributed by atoms with Crippen LogP contribution in [0.25, 0.3) is 0 Å². The van der Waals surface area contributed by atoms with Gasteiger partial charge in [-0.05, 0) is 0 Å². The van der Waals surface area contributed by atoms with Crippen molar-refractivity contribution in [2.45, 2.75) is 18.8 Å². The Labute approximate surface area is 90.0 Å². The molecule has 0 aromatic rings. The molecule has 0 aromatic heterocycles. The zero-order valence-electron chi connectivity index (χ0n) is 8.41. The van der Waals surface area contributed by atoms with E-state index in [-0.39, 0.29) is 12.8 Å². The summed E-state index contributed by atoms with van der Waals surface area (Å²) in [5.41, 5.74) is 0. The molecule has 0 N–H and O–H groups in total. The molecule has 0 atom stereocenters. The average Bonchev–Trinajstić information content (AvgIpc) is 2.45. The van der Waals surface area contributed by atoms with Crippen LogP contribution < -0.4 is 0 Å². The zero-order valence-corrected chi connectivity index (χ0v) is 8.41. The van der Waals surface area contributed by atoms with Gasteiger partial charge >= 0.3 is 0 Å². The van der Waals surface area contributed by atoms with Crippen molar-refractivity contribution in [2.24, 2.45) is 0 Å². The SMILES string of the molecule is O=C(CN1C(=O)CCC1=O)N1CC(F)(F)C1.